The van der Waals surface area contributed by atoms with Gasteiger partial charge in [-0.2, -0.15) is 5.10 Å². The van der Waals surface area contributed by atoms with E-state index < -0.39 is 12.0 Å². The van der Waals surface area contributed by atoms with Crippen LogP contribution in [0.15, 0.2) is 18.5 Å². The molecule has 0 amide bonds. The molecule has 1 atom stereocenters. The van der Waals surface area contributed by atoms with Crippen molar-refractivity contribution >= 4 is 17.3 Å². The van der Waals surface area contributed by atoms with Crippen LogP contribution in [0.4, 0.5) is 5.82 Å². The first-order chi connectivity index (χ1) is 8.49. The van der Waals surface area contributed by atoms with Crippen molar-refractivity contribution in [3.8, 4) is 0 Å². The van der Waals surface area contributed by atoms with E-state index in [1.54, 1.807) is 16.9 Å². The number of aliphatic carboxylic acids is 1. The van der Waals surface area contributed by atoms with Gasteiger partial charge in [-0.25, -0.2) is 14.3 Å². The third-order valence-corrected chi connectivity index (χ3v) is 2.74. The predicted octanol–water partition coefficient (Wildman–Crippen LogP) is 1.56. The zero-order valence-electron chi connectivity index (χ0n) is 10.6. The molecule has 0 aliphatic heterocycles. The summed E-state index contributed by atoms with van der Waals surface area (Å²) >= 11 is 0. The minimum atomic E-state index is -0.884. The number of fused-ring (bicyclic) bond motifs is 1. The van der Waals surface area contributed by atoms with Crippen molar-refractivity contribution in [2.24, 2.45) is 5.92 Å². The number of hydrogen-bond acceptors (Lipinski definition) is 4. The van der Waals surface area contributed by atoms with E-state index >= 15 is 0 Å². The Morgan fingerprint density at radius 2 is 2.22 bits per heavy atom. The van der Waals surface area contributed by atoms with Crippen molar-refractivity contribution in [1.82, 2.24) is 14.6 Å². The smallest absolute Gasteiger partial charge is 0.326 e. The lowest BCUT2D eigenvalue weighted by Crippen LogP contribution is -2.34. The molecule has 0 saturated heterocycles. The second kappa shape index (κ2) is 4.64. The first kappa shape index (κ1) is 12.3. The number of aryl methyl sites for hydroxylation is 1. The zero-order chi connectivity index (χ0) is 13.3. The Morgan fingerprint density at radius 1 is 1.50 bits per heavy atom. The molecule has 0 aliphatic rings. The fraction of sp³-hybridized carbons (Fsp3) is 0.417. The second-order valence-electron chi connectivity index (χ2n) is 4.60. The molecule has 0 spiro atoms. The minimum Gasteiger partial charge on any atom is -0.480 e. The van der Waals surface area contributed by atoms with Crippen molar-refractivity contribution in [3.63, 3.8) is 0 Å². The number of hydrogen-bond donors (Lipinski definition) is 2. The van der Waals surface area contributed by atoms with Gasteiger partial charge in [-0.05, 0) is 18.9 Å². The van der Waals surface area contributed by atoms with Crippen LogP contribution < -0.4 is 5.32 Å². The van der Waals surface area contributed by atoms with Crippen LogP contribution in [0, 0.1) is 12.8 Å². The van der Waals surface area contributed by atoms with E-state index in [4.69, 9.17) is 5.11 Å². The van der Waals surface area contributed by atoms with E-state index in [1.165, 1.54) is 0 Å². The molecule has 2 heterocycles. The van der Waals surface area contributed by atoms with Gasteiger partial charge in [0.2, 0.25) is 0 Å². The van der Waals surface area contributed by atoms with Gasteiger partial charge in [0.25, 0.3) is 0 Å². The Morgan fingerprint density at radius 3 is 2.83 bits per heavy atom. The number of carbonyl (C=O) groups is 1. The van der Waals surface area contributed by atoms with E-state index in [0.29, 0.717) is 5.82 Å². The lowest BCUT2D eigenvalue weighted by Gasteiger charge is -2.18. The summed E-state index contributed by atoms with van der Waals surface area (Å²) in [6, 6.07) is 1.20. The van der Waals surface area contributed by atoms with Gasteiger partial charge >= 0.3 is 5.97 Å². The van der Waals surface area contributed by atoms with E-state index in [9.17, 15) is 4.79 Å². The van der Waals surface area contributed by atoms with Gasteiger partial charge in [-0.3, -0.25) is 0 Å². The van der Waals surface area contributed by atoms with Gasteiger partial charge in [0.05, 0.1) is 5.69 Å². The quantitative estimate of drug-likeness (QED) is 0.858. The van der Waals surface area contributed by atoms with Gasteiger partial charge in [0.1, 0.15) is 11.6 Å². The number of carboxylic acid groups (broad SMARTS) is 1. The molecule has 2 N–H and O–H groups in total. The molecule has 0 bridgehead atoms. The summed E-state index contributed by atoms with van der Waals surface area (Å²) in [7, 11) is 0. The number of nitrogens with zero attached hydrogens (tertiary/aromatic N) is 3. The summed E-state index contributed by atoms with van der Waals surface area (Å²) in [6.45, 7) is 5.59. The third kappa shape index (κ3) is 2.27. The van der Waals surface area contributed by atoms with Gasteiger partial charge < -0.3 is 10.4 Å². The summed E-state index contributed by atoms with van der Waals surface area (Å²) in [5, 5.41) is 16.4. The first-order valence-electron chi connectivity index (χ1n) is 5.79. The Hall–Kier alpha value is -2.11. The average Bonchev–Trinajstić information content (AvgIpc) is 2.65. The molecule has 18 heavy (non-hydrogen) atoms. The molecule has 2 rings (SSSR count). The maximum Gasteiger partial charge on any atom is 0.326 e. The highest BCUT2D eigenvalue weighted by molar-refractivity contribution is 5.80. The molecule has 0 fully saturated rings. The van der Waals surface area contributed by atoms with Gasteiger partial charge in [0, 0.05) is 12.4 Å². The summed E-state index contributed by atoms with van der Waals surface area (Å²) in [5.41, 5.74) is 1.64. The maximum absolute atomic E-state index is 11.2. The minimum absolute atomic E-state index is 0.0337. The number of aromatic nitrogens is 3. The fourth-order valence-corrected chi connectivity index (χ4v) is 1.82. The molecule has 0 aromatic carbocycles. The molecule has 0 saturated carbocycles. The second-order valence-corrected chi connectivity index (χ2v) is 4.60. The fourth-order valence-electron chi connectivity index (χ4n) is 1.82. The highest BCUT2D eigenvalue weighted by atomic mass is 16.4. The van der Waals surface area contributed by atoms with Gasteiger partial charge in [-0.15, -0.1) is 0 Å². The summed E-state index contributed by atoms with van der Waals surface area (Å²) in [6.07, 6.45) is 3.33. The molecule has 6 heteroatoms. The van der Waals surface area contributed by atoms with Crippen LogP contribution in [-0.2, 0) is 4.79 Å². The van der Waals surface area contributed by atoms with Crippen LogP contribution in [0.3, 0.4) is 0 Å². The van der Waals surface area contributed by atoms with Crippen molar-refractivity contribution < 1.29 is 9.90 Å². The molecular weight excluding hydrogens is 232 g/mol. The lowest BCUT2D eigenvalue weighted by atomic mass is 10.1. The summed E-state index contributed by atoms with van der Waals surface area (Å²) in [4.78, 5) is 15.4. The van der Waals surface area contributed by atoms with Crippen molar-refractivity contribution in [3.05, 3.63) is 24.2 Å². The number of anilines is 1. The lowest BCUT2D eigenvalue weighted by molar-refractivity contribution is -0.138. The largest absolute Gasteiger partial charge is 0.480 e. The van der Waals surface area contributed by atoms with Crippen LogP contribution in [0.25, 0.3) is 5.52 Å². The van der Waals surface area contributed by atoms with Crippen LogP contribution in [0.5, 0.6) is 0 Å². The van der Waals surface area contributed by atoms with Crippen molar-refractivity contribution in [2.45, 2.75) is 26.8 Å². The first-order valence-corrected chi connectivity index (χ1v) is 5.79. The Balaban J connectivity index is 2.39. The SMILES string of the molecule is Cc1cc2c(N[C@@H](C(=O)O)C(C)C)nccn2n1. The normalized spacial score (nSPS) is 12.9. The van der Waals surface area contributed by atoms with Crippen LogP contribution in [0.1, 0.15) is 19.5 Å². The molecule has 6 nitrogen and oxygen atoms in total. The molecule has 2 aromatic rings. The van der Waals surface area contributed by atoms with Crippen LogP contribution in [-0.4, -0.2) is 31.7 Å². The predicted molar refractivity (Wildman–Crippen MR) is 67.6 cm³/mol. The van der Waals surface area contributed by atoms with Gasteiger partial charge in [-0.1, -0.05) is 13.8 Å². The number of carboxylic acids is 1. The summed E-state index contributed by atoms with van der Waals surface area (Å²) < 4.78 is 1.68. The molecule has 0 unspecified atom stereocenters. The van der Waals surface area contributed by atoms with Crippen LogP contribution in [0.2, 0.25) is 0 Å². The van der Waals surface area contributed by atoms with Gasteiger partial charge in [0.15, 0.2) is 5.82 Å². The van der Waals surface area contributed by atoms with E-state index in [2.05, 4.69) is 15.4 Å². The molecule has 0 aliphatic carbocycles. The molecule has 0 radical (unpaired) electrons. The highest BCUT2D eigenvalue weighted by Crippen LogP contribution is 2.17. The van der Waals surface area contributed by atoms with E-state index in [-0.39, 0.29) is 5.92 Å². The standard InChI is InChI=1S/C12H16N4O2/c1-7(2)10(12(17)18)14-11-9-6-8(3)15-16(9)5-4-13-11/h4-7,10H,1-3H3,(H,13,14)(H,17,18)/t10-/m1/s1. The van der Waals surface area contributed by atoms with Crippen molar-refractivity contribution in [2.75, 3.05) is 5.32 Å². The molecule has 96 valence electrons. The number of nitrogens with one attached hydrogen (secondary N) is 1. The molecule has 2 aromatic heterocycles. The molecular formula is C12H16N4O2. The number of rotatable bonds is 4. The highest BCUT2D eigenvalue weighted by Gasteiger charge is 2.22. The third-order valence-electron chi connectivity index (χ3n) is 2.74. The zero-order valence-corrected chi connectivity index (χ0v) is 10.6. The Kier molecular flexibility index (Phi) is 3.18. The monoisotopic (exact) mass is 248 g/mol. The Bertz CT molecular complexity index is 576. The average molecular weight is 248 g/mol. The van der Waals surface area contributed by atoms with Crippen LogP contribution >= 0.6 is 0 Å². The summed E-state index contributed by atoms with van der Waals surface area (Å²) in [5.74, 6) is -0.377. The Labute approximate surface area is 105 Å². The van der Waals surface area contributed by atoms with Crippen molar-refractivity contribution in [1.29, 1.82) is 0 Å². The topological polar surface area (TPSA) is 79.5 Å². The maximum atomic E-state index is 11.2. The van der Waals surface area contributed by atoms with E-state index in [0.717, 1.165) is 11.2 Å². The van der Waals surface area contributed by atoms with E-state index in [1.807, 2.05) is 26.8 Å².